The first-order valence-electron chi connectivity index (χ1n) is 9.68. The van der Waals surface area contributed by atoms with Gasteiger partial charge in [0, 0.05) is 12.2 Å². The molecule has 3 aromatic carbocycles. The van der Waals surface area contributed by atoms with E-state index in [-0.39, 0.29) is 9.79 Å². The Hall–Kier alpha value is -2.91. The number of hydrogen-bond acceptors (Lipinski definition) is 4. The molecule has 4 rings (SSSR count). The standard InChI is InChI=1S/C22H21FN2O4S2/c1-16-5-2-3-7-22(16)30(26,27)24-19-10-13-21-17(15-19)6-4-14-25(21)31(28,29)20-11-8-18(23)9-12-20/h2-3,5,7-13,15,24H,4,6,14H2,1H3. The molecule has 0 saturated heterocycles. The molecular weight excluding hydrogens is 439 g/mol. The smallest absolute Gasteiger partial charge is 0.264 e. The van der Waals surface area contributed by atoms with E-state index in [1.807, 2.05) is 0 Å². The average molecular weight is 461 g/mol. The van der Waals surface area contributed by atoms with Crippen LogP contribution in [-0.4, -0.2) is 23.4 Å². The molecule has 0 aromatic heterocycles. The molecule has 3 aromatic rings. The maximum atomic E-state index is 13.2. The summed E-state index contributed by atoms with van der Waals surface area (Å²) in [5, 5.41) is 0. The number of sulfonamides is 2. The summed E-state index contributed by atoms with van der Waals surface area (Å²) < 4.78 is 68.8. The van der Waals surface area contributed by atoms with Crippen LogP contribution in [-0.2, 0) is 26.5 Å². The van der Waals surface area contributed by atoms with Crippen molar-refractivity contribution < 1.29 is 21.2 Å². The highest BCUT2D eigenvalue weighted by Gasteiger charge is 2.29. The number of nitrogens with one attached hydrogen (secondary N) is 1. The molecule has 1 aliphatic rings. The number of halogens is 1. The van der Waals surface area contributed by atoms with Gasteiger partial charge in [-0.2, -0.15) is 0 Å². The summed E-state index contributed by atoms with van der Waals surface area (Å²) in [5.41, 5.74) is 2.21. The van der Waals surface area contributed by atoms with Crippen molar-refractivity contribution in [2.75, 3.05) is 15.6 Å². The Morgan fingerprint density at radius 2 is 1.65 bits per heavy atom. The maximum absolute atomic E-state index is 13.2. The molecule has 0 amide bonds. The fourth-order valence-corrected chi connectivity index (χ4v) is 6.52. The topological polar surface area (TPSA) is 83.6 Å². The fourth-order valence-electron chi connectivity index (χ4n) is 3.68. The fraction of sp³-hybridized carbons (Fsp3) is 0.182. The van der Waals surface area contributed by atoms with E-state index in [4.69, 9.17) is 0 Å². The van der Waals surface area contributed by atoms with Crippen LogP contribution in [0.1, 0.15) is 17.5 Å². The minimum absolute atomic E-state index is 0.00563. The SMILES string of the molecule is Cc1ccccc1S(=O)(=O)Nc1ccc2c(c1)CCCN2S(=O)(=O)c1ccc(F)cc1. The molecule has 1 N–H and O–H groups in total. The highest BCUT2D eigenvalue weighted by Crippen LogP contribution is 2.34. The molecule has 1 heterocycles. The van der Waals surface area contributed by atoms with E-state index >= 15 is 0 Å². The third kappa shape index (κ3) is 4.15. The predicted molar refractivity (Wildman–Crippen MR) is 118 cm³/mol. The van der Waals surface area contributed by atoms with Crippen molar-refractivity contribution >= 4 is 31.4 Å². The Balaban J connectivity index is 1.66. The van der Waals surface area contributed by atoms with Gasteiger partial charge in [-0.1, -0.05) is 18.2 Å². The number of nitrogens with zero attached hydrogens (tertiary/aromatic N) is 1. The van der Waals surface area contributed by atoms with Crippen LogP contribution in [0.25, 0.3) is 0 Å². The molecule has 162 valence electrons. The number of aryl methyl sites for hydroxylation is 2. The van der Waals surface area contributed by atoms with Gasteiger partial charge in [0.25, 0.3) is 20.0 Å². The second-order valence-corrected chi connectivity index (χ2v) is 10.9. The number of fused-ring (bicyclic) bond motifs is 1. The quantitative estimate of drug-likeness (QED) is 0.622. The first kappa shape index (κ1) is 21.3. The Morgan fingerprint density at radius 1 is 0.935 bits per heavy atom. The van der Waals surface area contributed by atoms with Crippen molar-refractivity contribution in [1.82, 2.24) is 0 Å². The summed E-state index contributed by atoms with van der Waals surface area (Å²) in [6.45, 7) is 2.01. The van der Waals surface area contributed by atoms with E-state index < -0.39 is 25.9 Å². The summed E-state index contributed by atoms with van der Waals surface area (Å²) in [5.74, 6) is -0.511. The largest absolute Gasteiger partial charge is 0.280 e. The van der Waals surface area contributed by atoms with Crippen molar-refractivity contribution in [3.63, 3.8) is 0 Å². The Morgan fingerprint density at radius 3 is 2.35 bits per heavy atom. The molecule has 0 atom stereocenters. The van der Waals surface area contributed by atoms with Crippen molar-refractivity contribution in [3.8, 4) is 0 Å². The van der Waals surface area contributed by atoms with Gasteiger partial charge in [0.05, 0.1) is 15.5 Å². The van der Waals surface area contributed by atoms with Crippen LogP contribution in [0.4, 0.5) is 15.8 Å². The minimum atomic E-state index is -3.86. The van der Waals surface area contributed by atoms with Gasteiger partial charge in [-0.3, -0.25) is 9.03 Å². The minimum Gasteiger partial charge on any atom is -0.280 e. The summed E-state index contributed by atoms with van der Waals surface area (Å²) in [4.78, 5) is 0.194. The zero-order chi connectivity index (χ0) is 22.2. The van der Waals surface area contributed by atoms with E-state index in [1.54, 1.807) is 43.3 Å². The van der Waals surface area contributed by atoms with Crippen molar-refractivity contribution in [2.24, 2.45) is 0 Å². The third-order valence-corrected chi connectivity index (χ3v) is 8.56. The lowest BCUT2D eigenvalue weighted by molar-refractivity contribution is 0.585. The zero-order valence-corrected chi connectivity index (χ0v) is 18.4. The van der Waals surface area contributed by atoms with E-state index in [0.717, 1.165) is 17.7 Å². The highest BCUT2D eigenvalue weighted by atomic mass is 32.2. The van der Waals surface area contributed by atoms with Crippen LogP contribution in [0.15, 0.2) is 76.5 Å². The molecule has 9 heteroatoms. The molecule has 0 aliphatic carbocycles. The van der Waals surface area contributed by atoms with Crippen LogP contribution in [0, 0.1) is 12.7 Å². The molecule has 31 heavy (non-hydrogen) atoms. The van der Waals surface area contributed by atoms with Crippen LogP contribution in [0.3, 0.4) is 0 Å². The normalized spacial score (nSPS) is 14.2. The Bertz CT molecular complexity index is 1340. The van der Waals surface area contributed by atoms with Gasteiger partial charge in [0.1, 0.15) is 5.82 Å². The predicted octanol–water partition coefficient (Wildman–Crippen LogP) is 4.08. The maximum Gasteiger partial charge on any atom is 0.264 e. The number of anilines is 2. The van der Waals surface area contributed by atoms with E-state index in [0.29, 0.717) is 36.3 Å². The molecule has 0 unspecified atom stereocenters. The van der Waals surface area contributed by atoms with Crippen molar-refractivity contribution in [2.45, 2.75) is 29.6 Å². The van der Waals surface area contributed by atoms with Gasteiger partial charge in [-0.05, 0) is 79.4 Å². The van der Waals surface area contributed by atoms with E-state index in [9.17, 15) is 21.2 Å². The van der Waals surface area contributed by atoms with E-state index in [2.05, 4.69) is 4.72 Å². The zero-order valence-electron chi connectivity index (χ0n) is 16.7. The number of hydrogen-bond donors (Lipinski definition) is 1. The lowest BCUT2D eigenvalue weighted by atomic mass is 10.0. The monoisotopic (exact) mass is 460 g/mol. The molecular formula is C22H21FN2O4S2. The van der Waals surface area contributed by atoms with Gasteiger partial charge in [0.15, 0.2) is 0 Å². The lowest BCUT2D eigenvalue weighted by Gasteiger charge is -2.31. The van der Waals surface area contributed by atoms with Gasteiger partial charge in [-0.15, -0.1) is 0 Å². The molecule has 0 radical (unpaired) electrons. The van der Waals surface area contributed by atoms with Crippen LogP contribution in [0.2, 0.25) is 0 Å². The Kier molecular flexibility index (Phi) is 5.49. The molecule has 0 saturated carbocycles. The highest BCUT2D eigenvalue weighted by molar-refractivity contribution is 7.93. The molecule has 1 aliphatic heterocycles. The van der Waals surface area contributed by atoms with Crippen LogP contribution in [0.5, 0.6) is 0 Å². The van der Waals surface area contributed by atoms with Gasteiger partial charge < -0.3 is 0 Å². The Labute approximate surface area is 181 Å². The van der Waals surface area contributed by atoms with E-state index in [1.165, 1.54) is 22.5 Å². The number of benzene rings is 3. The average Bonchev–Trinajstić information content (AvgIpc) is 2.73. The summed E-state index contributed by atoms with van der Waals surface area (Å²) in [6.07, 6.45) is 1.20. The van der Waals surface area contributed by atoms with Gasteiger partial charge >= 0.3 is 0 Å². The first-order chi connectivity index (χ1) is 14.7. The third-order valence-electron chi connectivity index (χ3n) is 5.19. The van der Waals surface area contributed by atoms with Gasteiger partial charge in [0.2, 0.25) is 0 Å². The first-order valence-corrected chi connectivity index (χ1v) is 12.6. The van der Waals surface area contributed by atoms with Crippen LogP contribution >= 0.6 is 0 Å². The van der Waals surface area contributed by atoms with Crippen molar-refractivity contribution in [1.29, 1.82) is 0 Å². The summed E-state index contributed by atoms with van der Waals surface area (Å²) in [7, 11) is -7.64. The summed E-state index contributed by atoms with van der Waals surface area (Å²) in [6, 6.07) is 16.2. The molecule has 0 fully saturated rings. The number of rotatable bonds is 5. The second kappa shape index (κ2) is 7.97. The second-order valence-electron chi connectivity index (χ2n) is 7.35. The molecule has 0 spiro atoms. The van der Waals surface area contributed by atoms with Gasteiger partial charge in [-0.25, -0.2) is 21.2 Å². The van der Waals surface area contributed by atoms with Crippen LogP contribution < -0.4 is 9.03 Å². The molecule has 6 nitrogen and oxygen atoms in total. The van der Waals surface area contributed by atoms with Crippen molar-refractivity contribution in [3.05, 3.63) is 83.7 Å². The lowest BCUT2D eigenvalue weighted by Crippen LogP contribution is -2.35. The molecule has 0 bridgehead atoms. The summed E-state index contributed by atoms with van der Waals surface area (Å²) >= 11 is 0.